The first-order valence-electron chi connectivity index (χ1n) is 7.31. The van der Waals surface area contributed by atoms with E-state index in [1.54, 1.807) is 6.08 Å². The van der Waals surface area contributed by atoms with Crippen LogP contribution >= 0.6 is 0 Å². The van der Waals surface area contributed by atoms with Gasteiger partial charge in [-0.15, -0.1) is 6.58 Å². The van der Waals surface area contributed by atoms with Crippen LogP contribution in [-0.2, 0) is 17.6 Å². The molecule has 3 amide bonds. The van der Waals surface area contributed by atoms with Crippen LogP contribution in [0.25, 0.3) is 0 Å². The number of rotatable bonds is 3. The number of amides is 3. The maximum absolute atomic E-state index is 12.0. The standard InChI is InChI=1S/C16H19N3O2/c1-2-7-17-16(21)18-13-9-11-4-3-8-19-14(20)6-5-12(10-13)15(11)19/h2,9-10H,1,3-8H2,(H2,17,18,21). The molecular weight excluding hydrogens is 266 g/mol. The smallest absolute Gasteiger partial charge is 0.319 e. The third kappa shape index (κ3) is 2.63. The Kier molecular flexibility index (Phi) is 3.64. The normalized spacial score (nSPS) is 16.2. The lowest BCUT2D eigenvalue weighted by atomic mass is 9.91. The fourth-order valence-corrected chi connectivity index (χ4v) is 3.07. The maximum Gasteiger partial charge on any atom is 0.319 e. The number of aryl methyl sites for hydroxylation is 2. The van der Waals surface area contributed by atoms with Gasteiger partial charge in [0.05, 0.1) is 5.69 Å². The quantitative estimate of drug-likeness (QED) is 0.837. The van der Waals surface area contributed by atoms with Crippen molar-refractivity contribution in [2.45, 2.75) is 25.7 Å². The molecular formula is C16H19N3O2. The minimum Gasteiger partial charge on any atom is -0.334 e. The molecule has 2 aliphatic rings. The van der Waals surface area contributed by atoms with Gasteiger partial charge in [-0.2, -0.15) is 0 Å². The Labute approximate surface area is 124 Å². The zero-order valence-electron chi connectivity index (χ0n) is 11.9. The summed E-state index contributed by atoms with van der Waals surface area (Å²) in [6.45, 7) is 4.82. The van der Waals surface area contributed by atoms with Gasteiger partial charge >= 0.3 is 6.03 Å². The molecule has 1 aromatic carbocycles. The summed E-state index contributed by atoms with van der Waals surface area (Å²) in [4.78, 5) is 25.6. The summed E-state index contributed by atoms with van der Waals surface area (Å²) < 4.78 is 0. The number of carbonyl (C=O) groups is 2. The predicted molar refractivity (Wildman–Crippen MR) is 82.7 cm³/mol. The highest BCUT2D eigenvalue weighted by Crippen LogP contribution is 2.37. The number of urea groups is 1. The van der Waals surface area contributed by atoms with Gasteiger partial charge in [-0.1, -0.05) is 6.08 Å². The summed E-state index contributed by atoms with van der Waals surface area (Å²) in [5, 5.41) is 5.55. The van der Waals surface area contributed by atoms with Gasteiger partial charge in [0.15, 0.2) is 0 Å². The first kappa shape index (κ1) is 13.7. The van der Waals surface area contributed by atoms with E-state index in [0.29, 0.717) is 13.0 Å². The maximum atomic E-state index is 12.0. The van der Waals surface area contributed by atoms with E-state index >= 15 is 0 Å². The van der Waals surface area contributed by atoms with E-state index in [1.165, 1.54) is 0 Å². The largest absolute Gasteiger partial charge is 0.334 e. The molecule has 2 N–H and O–H groups in total. The van der Waals surface area contributed by atoms with Crippen LogP contribution < -0.4 is 15.5 Å². The SMILES string of the molecule is C=CCNC(=O)Nc1cc2c3c(c1)CCC(=O)N3CCC2. The molecule has 0 atom stereocenters. The van der Waals surface area contributed by atoms with Crippen molar-refractivity contribution in [1.82, 2.24) is 5.32 Å². The predicted octanol–water partition coefficient (Wildman–Crippen LogP) is 2.22. The van der Waals surface area contributed by atoms with Crippen LogP contribution in [0.1, 0.15) is 24.0 Å². The fourth-order valence-electron chi connectivity index (χ4n) is 3.07. The zero-order chi connectivity index (χ0) is 14.8. The van der Waals surface area contributed by atoms with Gasteiger partial charge in [-0.3, -0.25) is 4.79 Å². The lowest BCUT2D eigenvalue weighted by molar-refractivity contribution is -0.119. The van der Waals surface area contributed by atoms with Crippen molar-refractivity contribution in [2.24, 2.45) is 0 Å². The third-order valence-electron chi connectivity index (χ3n) is 3.94. The van der Waals surface area contributed by atoms with E-state index in [0.717, 1.165) is 48.3 Å². The Morgan fingerprint density at radius 2 is 2.05 bits per heavy atom. The molecule has 0 fully saturated rings. The van der Waals surface area contributed by atoms with Crippen molar-refractivity contribution in [3.8, 4) is 0 Å². The Morgan fingerprint density at radius 1 is 1.29 bits per heavy atom. The Bertz CT molecular complexity index is 593. The van der Waals surface area contributed by atoms with E-state index in [2.05, 4.69) is 17.2 Å². The lowest BCUT2D eigenvalue weighted by Gasteiger charge is -2.35. The molecule has 1 aromatic rings. The van der Waals surface area contributed by atoms with Gasteiger partial charge in [0, 0.05) is 25.2 Å². The van der Waals surface area contributed by atoms with Crippen molar-refractivity contribution in [1.29, 1.82) is 0 Å². The number of carbonyl (C=O) groups excluding carboxylic acids is 2. The average Bonchev–Trinajstić information content (AvgIpc) is 2.48. The minimum absolute atomic E-state index is 0.216. The van der Waals surface area contributed by atoms with Crippen molar-refractivity contribution in [3.05, 3.63) is 35.9 Å². The highest BCUT2D eigenvalue weighted by Gasteiger charge is 2.29. The highest BCUT2D eigenvalue weighted by molar-refractivity contribution is 5.99. The Balaban J connectivity index is 1.87. The van der Waals surface area contributed by atoms with E-state index in [4.69, 9.17) is 0 Å². The average molecular weight is 285 g/mol. The molecule has 2 aliphatic heterocycles. The van der Waals surface area contributed by atoms with Crippen LogP contribution in [0.3, 0.4) is 0 Å². The molecule has 0 spiro atoms. The van der Waals surface area contributed by atoms with Crippen LogP contribution in [0.15, 0.2) is 24.8 Å². The van der Waals surface area contributed by atoms with Gasteiger partial charge in [0.2, 0.25) is 5.91 Å². The van der Waals surface area contributed by atoms with E-state index in [-0.39, 0.29) is 11.9 Å². The van der Waals surface area contributed by atoms with Crippen molar-refractivity contribution in [2.75, 3.05) is 23.3 Å². The summed E-state index contributed by atoms with van der Waals surface area (Å²) >= 11 is 0. The van der Waals surface area contributed by atoms with Gasteiger partial charge in [0.1, 0.15) is 0 Å². The molecule has 0 saturated carbocycles. The first-order valence-corrected chi connectivity index (χ1v) is 7.31. The second-order valence-electron chi connectivity index (χ2n) is 5.42. The number of anilines is 2. The van der Waals surface area contributed by atoms with Gasteiger partial charge in [0.25, 0.3) is 0 Å². The van der Waals surface area contributed by atoms with Crippen LogP contribution in [0, 0.1) is 0 Å². The lowest BCUT2D eigenvalue weighted by Crippen LogP contribution is -2.39. The second-order valence-corrected chi connectivity index (χ2v) is 5.42. The fraction of sp³-hybridized carbons (Fsp3) is 0.375. The summed E-state index contributed by atoms with van der Waals surface area (Å²) in [5.41, 5.74) is 4.19. The Hall–Kier alpha value is -2.30. The third-order valence-corrected chi connectivity index (χ3v) is 3.94. The van der Waals surface area contributed by atoms with Crippen LogP contribution in [0.5, 0.6) is 0 Å². The highest BCUT2D eigenvalue weighted by atomic mass is 16.2. The summed E-state index contributed by atoms with van der Waals surface area (Å²) in [7, 11) is 0. The first-order chi connectivity index (χ1) is 10.2. The molecule has 5 heteroatoms. The van der Waals surface area contributed by atoms with Crippen LogP contribution in [0.2, 0.25) is 0 Å². The molecule has 0 bridgehead atoms. The molecule has 2 heterocycles. The van der Waals surface area contributed by atoms with E-state index in [9.17, 15) is 9.59 Å². The number of nitrogens with zero attached hydrogens (tertiary/aromatic N) is 1. The summed E-state index contributed by atoms with van der Waals surface area (Å²) in [5.74, 6) is 0.216. The van der Waals surface area contributed by atoms with Gasteiger partial charge < -0.3 is 15.5 Å². The Morgan fingerprint density at radius 3 is 2.81 bits per heavy atom. The second kappa shape index (κ2) is 5.60. The van der Waals surface area contributed by atoms with Crippen molar-refractivity contribution < 1.29 is 9.59 Å². The minimum atomic E-state index is -0.235. The molecule has 0 aromatic heterocycles. The number of hydrogen-bond donors (Lipinski definition) is 2. The van der Waals surface area contributed by atoms with E-state index in [1.807, 2.05) is 17.0 Å². The summed E-state index contributed by atoms with van der Waals surface area (Å²) in [6, 6.07) is 3.73. The molecule has 0 aliphatic carbocycles. The number of hydrogen-bond acceptors (Lipinski definition) is 2. The topological polar surface area (TPSA) is 61.4 Å². The number of nitrogens with one attached hydrogen (secondary N) is 2. The monoisotopic (exact) mass is 285 g/mol. The molecule has 0 unspecified atom stereocenters. The van der Waals surface area contributed by atoms with Crippen LogP contribution in [0.4, 0.5) is 16.2 Å². The van der Waals surface area contributed by atoms with Crippen molar-refractivity contribution >= 4 is 23.3 Å². The molecule has 3 rings (SSSR count). The number of benzene rings is 1. The van der Waals surface area contributed by atoms with Crippen molar-refractivity contribution in [3.63, 3.8) is 0 Å². The molecule has 5 nitrogen and oxygen atoms in total. The van der Waals surface area contributed by atoms with Gasteiger partial charge in [-0.25, -0.2) is 4.79 Å². The summed E-state index contributed by atoms with van der Waals surface area (Å²) in [6.07, 6.45) is 4.87. The molecule has 0 saturated heterocycles. The molecule has 21 heavy (non-hydrogen) atoms. The van der Waals surface area contributed by atoms with E-state index < -0.39 is 0 Å². The van der Waals surface area contributed by atoms with Gasteiger partial charge in [-0.05, 0) is 42.5 Å². The molecule has 110 valence electrons. The molecule has 0 radical (unpaired) electrons. The zero-order valence-corrected chi connectivity index (χ0v) is 11.9. The van der Waals surface area contributed by atoms with Crippen LogP contribution in [-0.4, -0.2) is 25.0 Å².